The lowest BCUT2D eigenvalue weighted by Gasteiger charge is -2.03. The maximum Gasteiger partial charge on any atom is 0.140 e. The SMILES string of the molecule is NCCCc1nc(Cl)c2cc(F)ccc2n1. The van der Waals surface area contributed by atoms with Crippen LogP contribution < -0.4 is 5.73 Å². The zero-order chi connectivity index (χ0) is 11.5. The van der Waals surface area contributed by atoms with E-state index >= 15 is 0 Å². The molecule has 0 aliphatic heterocycles. The summed E-state index contributed by atoms with van der Waals surface area (Å²) in [4.78, 5) is 8.41. The molecule has 1 aromatic heterocycles. The average molecular weight is 240 g/mol. The van der Waals surface area contributed by atoms with E-state index in [0.29, 0.717) is 29.7 Å². The van der Waals surface area contributed by atoms with Gasteiger partial charge in [0.2, 0.25) is 0 Å². The summed E-state index contributed by atoms with van der Waals surface area (Å²) < 4.78 is 13.0. The van der Waals surface area contributed by atoms with Gasteiger partial charge in [-0.3, -0.25) is 0 Å². The summed E-state index contributed by atoms with van der Waals surface area (Å²) in [6.45, 7) is 0.586. The van der Waals surface area contributed by atoms with Gasteiger partial charge in [-0.1, -0.05) is 11.6 Å². The van der Waals surface area contributed by atoms with Crippen LogP contribution in [0.15, 0.2) is 18.2 Å². The van der Waals surface area contributed by atoms with Crippen molar-refractivity contribution in [3.63, 3.8) is 0 Å². The fourth-order valence-corrected chi connectivity index (χ4v) is 1.73. The average Bonchev–Trinajstić information content (AvgIpc) is 2.27. The molecule has 0 saturated carbocycles. The van der Waals surface area contributed by atoms with Gasteiger partial charge in [0.05, 0.1) is 5.52 Å². The van der Waals surface area contributed by atoms with E-state index < -0.39 is 0 Å². The van der Waals surface area contributed by atoms with Gasteiger partial charge in [-0.15, -0.1) is 0 Å². The van der Waals surface area contributed by atoms with Crippen LogP contribution in [0.1, 0.15) is 12.2 Å². The van der Waals surface area contributed by atoms with Crippen molar-refractivity contribution in [2.75, 3.05) is 6.54 Å². The van der Waals surface area contributed by atoms with Gasteiger partial charge in [0, 0.05) is 11.8 Å². The van der Waals surface area contributed by atoms with E-state index in [1.54, 1.807) is 6.07 Å². The predicted molar refractivity (Wildman–Crippen MR) is 61.9 cm³/mol. The Morgan fingerprint density at radius 3 is 2.88 bits per heavy atom. The van der Waals surface area contributed by atoms with Crippen LogP contribution in [-0.4, -0.2) is 16.5 Å². The summed E-state index contributed by atoms with van der Waals surface area (Å²) in [5.74, 6) is 0.308. The fourth-order valence-electron chi connectivity index (χ4n) is 1.48. The minimum Gasteiger partial charge on any atom is -0.330 e. The third kappa shape index (κ3) is 2.28. The second kappa shape index (κ2) is 4.72. The molecule has 16 heavy (non-hydrogen) atoms. The molecule has 2 N–H and O–H groups in total. The Morgan fingerprint density at radius 1 is 1.31 bits per heavy atom. The van der Waals surface area contributed by atoms with Crippen LogP contribution in [-0.2, 0) is 6.42 Å². The highest BCUT2D eigenvalue weighted by atomic mass is 35.5. The lowest BCUT2D eigenvalue weighted by Crippen LogP contribution is -2.03. The lowest BCUT2D eigenvalue weighted by molar-refractivity contribution is 0.629. The molecular formula is C11H11ClFN3. The van der Waals surface area contributed by atoms with Gasteiger partial charge in [0.15, 0.2) is 0 Å². The molecule has 0 saturated heterocycles. The van der Waals surface area contributed by atoms with E-state index in [4.69, 9.17) is 17.3 Å². The van der Waals surface area contributed by atoms with Crippen molar-refractivity contribution in [3.8, 4) is 0 Å². The minimum atomic E-state index is -0.340. The van der Waals surface area contributed by atoms with Gasteiger partial charge < -0.3 is 5.73 Å². The first-order valence-corrected chi connectivity index (χ1v) is 5.40. The summed E-state index contributed by atoms with van der Waals surface area (Å²) in [6.07, 6.45) is 1.49. The van der Waals surface area contributed by atoms with Crippen molar-refractivity contribution >= 4 is 22.5 Å². The highest BCUT2D eigenvalue weighted by Crippen LogP contribution is 2.21. The van der Waals surface area contributed by atoms with Crippen LogP contribution in [0.3, 0.4) is 0 Å². The second-order valence-electron chi connectivity index (χ2n) is 3.48. The van der Waals surface area contributed by atoms with E-state index in [-0.39, 0.29) is 11.0 Å². The Kier molecular flexibility index (Phi) is 3.31. The summed E-state index contributed by atoms with van der Waals surface area (Å²) in [7, 11) is 0. The molecule has 0 aliphatic carbocycles. The van der Waals surface area contributed by atoms with E-state index in [0.717, 1.165) is 6.42 Å². The van der Waals surface area contributed by atoms with Crippen LogP contribution in [0.5, 0.6) is 0 Å². The number of hydrogen-bond acceptors (Lipinski definition) is 3. The number of rotatable bonds is 3. The van der Waals surface area contributed by atoms with Gasteiger partial charge in [-0.2, -0.15) is 0 Å². The summed E-state index contributed by atoms with van der Waals surface area (Å²) in [5.41, 5.74) is 6.07. The van der Waals surface area contributed by atoms with Crippen LogP contribution in [0.25, 0.3) is 10.9 Å². The van der Waals surface area contributed by atoms with Crippen molar-refractivity contribution in [3.05, 3.63) is 35.0 Å². The quantitative estimate of drug-likeness (QED) is 0.837. The molecule has 0 fully saturated rings. The summed E-state index contributed by atoms with van der Waals surface area (Å²) in [5, 5.41) is 0.828. The van der Waals surface area contributed by atoms with Crippen molar-refractivity contribution in [2.45, 2.75) is 12.8 Å². The third-order valence-electron chi connectivity index (χ3n) is 2.26. The predicted octanol–water partition coefficient (Wildman–Crippen LogP) is 2.31. The molecular weight excluding hydrogens is 229 g/mol. The molecule has 5 heteroatoms. The number of nitrogens with two attached hydrogens (primary N) is 1. The lowest BCUT2D eigenvalue weighted by atomic mass is 10.2. The molecule has 84 valence electrons. The number of hydrogen-bond donors (Lipinski definition) is 1. The smallest absolute Gasteiger partial charge is 0.140 e. The zero-order valence-corrected chi connectivity index (χ0v) is 9.34. The maximum absolute atomic E-state index is 13.0. The molecule has 0 aliphatic rings. The van der Waals surface area contributed by atoms with E-state index in [9.17, 15) is 4.39 Å². The van der Waals surface area contributed by atoms with Crippen molar-refractivity contribution in [1.29, 1.82) is 0 Å². The van der Waals surface area contributed by atoms with Crippen LogP contribution in [0.4, 0.5) is 4.39 Å². The summed E-state index contributed by atoms with van der Waals surface area (Å²) >= 11 is 5.96. The molecule has 0 bridgehead atoms. The van der Waals surface area contributed by atoms with Gasteiger partial charge in [-0.25, -0.2) is 14.4 Å². The van der Waals surface area contributed by atoms with E-state index in [1.165, 1.54) is 12.1 Å². The fraction of sp³-hybridized carbons (Fsp3) is 0.273. The van der Waals surface area contributed by atoms with Gasteiger partial charge in [-0.05, 0) is 31.2 Å². The van der Waals surface area contributed by atoms with Crippen LogP contribution in [0.2, 0.25) is 5.15 Å². The topological polar surface area (TPSA) is 51.8 Å². The normalized spacial score (nSPS) is 10.9. The highest BCUT2D eigenvalue weighted by Gasteiger charge is 2.06. The molecule has 0 unspecified atom stereocenters. The largest absolute Gasteiger partial charge is 0.330 e. The minimum absolute atomic E-state index is 0.288. The standard InChI is InChI=1S/C11H11ClFN3/c12-11-8-6-7(13)3-4-9(8)15-10(16-11)2-1-5-14/h3-4,6H,1-2,5,14H2. The number of aryl methyl sites for hydroxylation is 1. The molecule has 0 atom stereocenters. The molecule has 0 radical (unpaired) electrons. The number of halogens is 2. The third-order valence-corrected chi connectivity index (χ3v) is 2.55. The first-order valence-electron chi connectivity index (χ1n) is 5.02. The molecule has 1 aromatic carbocycles. The Labute approximate surface area is 97.5 Å². The van der Waals surface area contributed by atoms with Crippen molar-refractivity contribution < 1.29 is 4.39 Å². The Bertz CT molecular complexity index is 516. The van der Waals surface area contributed by atoms with Crippen LogP contribution in [0, 0.1) is 5.82 Å². The molecule has 2 aromatic rings. The Morgan fingerprint density at radius 2 is 2.12 bits per heavy atom. The van der Waals surface area contributed by atoms with E-state index in [2.05, 4.69) is 9.97 Å². The van der Waals surface area contributed by atoms with Gasteiger partial charge in [0.25, 0.3) is 0 Å². The molecule has 0 spiro atoms. The van der Waals surface area contributed by atoms with Crippen molar-refractivity contribution in [2.24, 2.45) is 5.73 Å². The number of nitrogens with zero attached hydrogens (tertiary/aromatic N) is 2. The number of aromatic nitrogens is 2. The number of benzene rings is 1. The van der Waals surface area contributed by atoms with Gasteiger partial charge in [0.1, 0.15) is 16.8 Å². The Balaban J connectivity index is 2.46. The molecule has 2 rings (SSSR count). The monoisotopic (exact) mass is 239 g/mol. The molecule has 0 amide bonds. The Hall–Kier alpha value is -1.26. The number of fused-ring (bicyclic) bond motifs is 1. The zero-order valence-electron chi connectivity index (χ0n) is 8.58. The molecule has 3 nitrogen and oxygen atoms in total. The van der Waals surface area contributed by atoms with Crippen LogP contribution >= 0.6 is 11.6 Å². The van der Waals surface area contributed by atoms with E-state index in [1.807, 2.05) is 0 Å². The van der Waals surface area contributed by atoms with Gasteiger partial charge >= 0.3 is 0 Å². The molecule has 1 heterocycles. The first kappa shape index (κ1) is 11.2. The highest BCUT2D eigenvalue weighted by molar-refractivity contribution is 6.34. The maximum atomic E-state index is 13.0. The summed E-state index contributed by atoms with van der Waals surface area (Å²) in [6, 6.07) is 4.30. The second-order valence-corrected chi connectivity index (χ2v) is 3.84. The first-order chi connectivity index (χ1) is 7.70. The van der Waals surface area contributed by atoms with Crippen molar-refractivity contribution in [1.82, 2.24) is 9.97 Å².